The van der Waals surface area contributed by atoms with E-state index in [1.807, 2.05) is 51.2 Å². The van der Waals surface area contributed by atoms with Gasteiger partial charge >= 0.3 is 12.1 Å². The van der Waals surface area contributed by atoms with Crippen molar-refractivity contribution in [1.82, 2.24) is 4.90 Å². The van der Waals surface area contributed by atoms with E-state index in [2.05, 4.69) is 0 Å². The van der Waals surface area contributed by atoms with Gasteiger partial charge in [0.15, 0.2) is 5.78 Å². The van der Waals surface area contributed by atoms with E-state index < -0.39 is 139 Å². The number of nitrogens with zero attached hydrogens (tertiary/aromatic N) is 1. The highest BCUT2D eigenvalue weighted by atomic mass is 16.8. The zero-order valence-electron chi connectivity index (χ0n) is 47.7. The molecule has 4 fully saturated rings. The van der Waals surface area contributed by atoms with Crippen molar-refractivity contribution in [3.8, 4) is 0 Å². The Bertz CT molecular complexity index is 2190. The zero-order valence-corrected chi connectivity index (χ0v) is 47.7. The van der Waals surface area contributed by atoms with Gasteiger partial charge in [-0.2, -0.15) is 0 Å². The Morgan fingerprint density at radius 2 is 1.53 bits per heavy atom. The van der Waals surface area contributed by atoms with E-state index in [0.717, 1.165) is 10.5 Å². The number of carbonyl (C=O) groups is 6. The molecular weight excluding hydrogens is 1030 g/mol. The predicted molar refractivity (Wildman–Crippen MR) is 284 cm³/mol. The number of carbonyl (C=O) groups excluding carboxylic acids is 6. The van der Waals surface area contributed by atoms with Crippen LogP contribution in [0, 0.1) is 35.5 Å². The van der Waals surface area contributed by atoms with Gasteiger partial charge in [-0.1, -0.05) is 71.1 Å². The van der Waals surface area contributed by atoms with Gasteiger partial charge < -0.3 is 73.4 Å². The fourth-order valence-corrected chi connectivity index (χ4v) is 11.6. The lowest BCUT2D eigenvalue weighted by atomic mass is 9.78. The second-order valence-electron chi connectivity index (χ2n) is 22.7. The SMILES string of the molecule is CO[C@H]1C[C@@H]2CC[C@@H](C)[C@@](O)(O2)C(=O)C(=O)N2CCCCC2C(=O)O[C@H]([C@H](C)C[C@H]2CC[C@@H](OC(=O)OC3O[C@H](CO)[C@@H](O)[C@@H](O)[C@H]3O)[C@H](OC)C2)CC(=O)[C@H](C)/C=C(\C)[C@@H](O)[C@@H](OC)C(=O)[C@@H](C)C[C@H](C)/C=C/C=C/C=C/1C. The highest BCUT2D eigenvalue weighted by Gasteiger charge is 2.53. The molecule has 2 bridgehead atoms. The first-order valence-corrected chi connectivity index (χ1v) is 28.1. The maximum absolute atomic E-state index is 14.6. The molecule has 3 saturated heterocycles. The largest absolute Gasteiger partial charge is 0.511 e. The molecule has 446 valence electrons. The quantitative estimate of drug-likeness (QED) is 0.107. The van der Waals surface area contributed by atoms with Crippen LogP contribution in [0.5, 0.6) is 0 Å². The number of ether oxygens (including phenoxy) is 8. The van der Waals surface area contributed by atoms with Crippen LogP contribution in [0.3, 0.4) is 0 Å². The van der Waals surface area contributed by atoms with Crippen LogP contribution in [0.4, 0.5) is 4.79 Å². The molecule has 4 aliphatic heterocycles. The molecule has 0 aromatic heterocycles. The molecule has 1 amide bonds. The Labute approximate surface area is 464 Å². The summed E-state index contributed by atoms with van der Waals surface area (Å²) in [5, 5.41) is 63.8. The Morgan fingerprint density at radius 3 is 2.20 bits per heavy atom. The van der Waals surface area contributed by atoms with Crippen molar-refractivity contribution in [2.45, 2.75) is 211 Å². The number of ketones is 3. The van der Waals surface area contributed by atoms with Crippen LogP contribution < -0.4 is 0 Å². The van der Waals surface area contributed by atoms with Crippen molar-refractivity contribution in [1.29, 1.82) is 0 Å². The fraction of sp³-hybridized carbons (Fsp3) is 0.759. The molecule has 2 unspecified atom stereocenters. The molecule has 0 radical (unpaired) electrons. The van der Waals surface area contributed by atoms with Crippen molar-refractivity contribution < 1.29 is 97.3 Å². The Kier molecular flexibility index (Phi) is 25.0. The summed E-state index contributed by atoms with van der Waals surface area (Å²) in [6, 6.07) is -1.24. The van der Waals surface area contributed by atoms with Crippen molar-refractivity contribution in [2.75, 3.05) is 34.5 Å². The van der Waals surface area contributed by atoms with Gasteiger partial charge in [-0.25, -0.2) is 9.59 Å². The number of piperidine rings is 1. The number of aliphatic hydroxyl groups excluding tert-OH is 5. The summed E-state index contributed by atoms with van der Waals surface area (Å²) in [5.41, 5.74) is 1.17. The van der Waals surface area contributed by atoms with E-state index in [9.17, 15) is 59.4 Å². The van der Waals surface area contributed by atoms with Gasteiger partial charge in [0.2, 0.25) is 12.1 Å². The van der Waals surface area contributed by atoms with E-state index in [1.54, 1.807) is 40.9 Å². The lowest BCUT2D eigenvalue weighted by Crippen LogP contribution is -2.61. The fourth-order valence-electron chi connectivity index (χ4n) is 11.6. The molecule has 6 N–H and O–H groups in total. The Balaban J connectivity index is 1.41. The number of rotatable bonds is 9. The van der Waals surface area contributed by atoms with Crippen LogP contribution in [0.1, 0.15) is 126 Å². The number of cyclic esters (lactones) is 1. The molecule has 0 aromatic carbocycles. The number of Topliss-reactive ketones (excluding diaryl/α,β-unsaturated/α-hetero) is 3. The molecule has 1 aliphatic carbocycles. The molecule has 0 aromatic rings. The summed E-state index contributed by atoms with van der Waals surface area (Å²) < 4.78 is 45.7. The molecule has 5 rings (SSSR count). The van der Waals surface area contributed by atoms with Crippen LogP contribution in [0.15, 0.2) is 47.6 Å². The van der Waals surface area contributed by atoms with Gasteiger partial charge in [0.05, 0.1) is 24.9 Å². The van der Waals surface area contributed by atoms with E-state index in [1.165, 1.54) is 14.2 Å². The second kappa shape index (κ2) is 30.2. The van der Waals surface area contributed by atoms with Gasteiger partial charge in [-0.15, -0.1) is 0 Å². The molecular formula is C58H89NO20. The molecule has 5 aliphatic rings. The van der Waals surface area contributed by atoms with Crippen molar-refractivity contribution in [3.63, 3.8) is 0 Å². The third-order valence-electron chi connectivity index (χ3n) is 16.8. The van der Waals surface area contributed by atoms with Gasteiger partial charge in [0, 0.05) is 58.5 Å². The lowest BCUT2D eigenvalue weighted by molar-refractivity contribution is -0.290. The number of hydrogen-bond acceptors (Lipinski definition) is 20. The van der Waals surface area contributed by atoms with Crippen LogP contribution >= 0.6 is 0 Å². The number of allylic oxidation sites excluding steroid dienone is 6. The minimum Gasteiger partial charge on any atom is -0.460 e. The summed E-state index contributed by atoms with van der Waals surface area (Å²) in [6.07, 6.45) is -1.03. The van der Waals surface area contributed by atoms with E-state index in [4.69, 9.17) is 37.9 Å². The summed E-state index contributed by atoms with van der Waals surface area (Å²) in [4.78, 5) is 85.6. The normalized spacial score (nSPS) is 41.1. The number of esters is 1. The smallest absolute Gasteiger partial charge is 0.460 e. The Morgan fingerprint density at radius 1 is 0.810 bits per heavy atom. The third kappa shape index (κ3) is 16.9. The minimum atomic E-state index is -2.50. The average Bonchev–Trinajstić information content (AvgIpc) is 3.42. The first-order chi connectivity index (χ1) is 37.4. The topological polar surface area (TPSA) is 301 Å². The van der Waals surface area contributed by atoms with Gasteiger partial charge in [-0.05, 0) is 107 Å². The number of aliphatic hydroxyl groups is 6. The van der Waals surface area contributed by atoms with Gasteiger partial charge in [0.25, 0.3) is 11.7 Å². The van der Waals surface area contributed by atoms with Gasteiger partial charge in [-0.3, -0.25) is 19.2 Å². The first kappa shape index (κ1) is 65.5. The molecule has 21 heteroatoms. The van der Waals surface area contributed by atoms with Crippen LogP contribution in [0.2, 0.25) is 0 Å². The Hall–Kier alpha value is -4.26. The average molecular weight is 1120 g/mol. The molecule has 20 atom stereocenters. The summed E-state index contributed by atoms with van der Waals surface area (Å²) in [7, 11) is 4.33. The summed E-state index contributed by atoms with van der Waals surface area (Å²) >= 11 is 0. The number of amides is 1. The van der Waals surface area contributed by atoms with E-state index in [-0.39, 0.29) is 55.6 Å². The van der Waals surface area contributed by atoms with Crippen LogP contribution in [-0.2, 0) is 61.9 Å². The second-order valence-corrected chi connectivity index (χ2v) is 22.7. The maximum atomic E-state index is 14.6. The monoisotopic (exact) mass is 1120 g/mol. The van der Waals surface area contributed by atoms with Crippen molar-refractivity contribution >= 4 is 35.4 Å². The molecule has 0 spiro atoms. The number of hydrogen-bond donors (Lipinski definition) is 6. The summed E-state index contributed by atoms with van der Waals surface area (Å²) in [5.74, 6) is -9.07. The van der Waals surface area contributed by atoms with Crippen molar-refractivity contribution in [3.05, 3.63) is 47.6 Å². The van der Waals surface area contributed by atoms with E-state index >= 15 is 0 Å². The van der Waals surface area contributed by atoms with E-state index in [0.29, 0.717) is 56.9 Å². The maximum Gasteiger partial charge on any atom is 0.511 e. The molecule has 21 nitrogen and oxygen atoms in total. The number of methoxy groups -OCH3 is 3. The molecule has 79 heavy (non-hydrogen) atoms. The van der Waals surface area contributed by atoms with Crippen LogP contribution in [-0.4, -0.2) is 191 Å². The first-order valence-electron chi connectivity index (χ1n) is 28.1. The molecule has 4 heterocycles. The minimum absolute atomic E-state index is 0.0156. The third-order valence-corrected chi connectivity index (χ3v) is 16.8. The van der Waals surface area contributed by atoms with Crippen molar-refractivity contribution in [2.24, 2.45) is 35.5 Å². The highest BCUT2D eigenvalue weighted by Crippen LogP contribution is 2.38. The molecule has 1 saturated carbocycles. The predicted octanol–water partition coefficient (Wildman–Crippen LogP) is 4.14. The number of fused-ring (bicyclic) bond motifs is 3. The lowest BCUT2D eigenvalue weighted by Gasteiger charge is -2.42. The zero-order chi connectivity index (χ0) is 58.5. The highest BCUT2D eigenvalue weighted by molar-refractivity contribution is 6.39. The van der Waals surface area contributed by atoms with Crippen LogP contribution in [0.25, 0.3) is 0 Å². The summed E-state index contributed by atoms with van der Waals surface area (Å²) in [6.45, 7) is 11.6. The van der Waals surface area contributed by atoms with Gasteiger partial charge in [0.1, 0.15) is 60.7 Å². The standard InChI is InChI=1S/C58H89NO20/c1-31-16-12-11-13-17-32(2)43(72-8)28-39-21-19-37(7)58(71,79-39)53(67)54(68)59-23-15-14-18-40(59)55(69)75-44(29-41(61)33(3)25-36(6)48(63)52(74-10)47(62)35(5)24-31)34(4)26-38-20-22-42(45(27-38)73-9)77-57(70)78-56-51(66)50(65)49(64)46(30-60)76-56/h11-13,16-17,25,31,33-35,37-40,42-46,48-52,56,60,63-66,71H,14-15,18-24,26-30H2,1-10H3/b13-11+,16-12+,32-17+,36-25+/t31-,33-,34-,35+,37-,38-,39+,40?,42-,43+,44+,45-,46-,48-,49-,50-,51-,52+,56?,58-/m1/s1.